The van der Waals surface area contributed by atoms with Gasteiger partial charge < -0.3 is 5.32 Å². The van der Waals surface area contributed by atoms with E-state index >= 15 is 0 Å². The van der Waals surface area contributed by atoms with E-state index in [9.17, 15) is 10.1 Å². The van der Waals surface area contributed by atoms with E-state index in [4.69, 9.17) is 0 Å². The molecular formula is C14H14Br2N2O. The lowest BCUT2D eigenvalue weighted by molar-refractivity contribution is -0.122. The van der Waals surface area contributed by atoms with Crippen molar-refractivity contribution in [3.63, 3.8) is 0 Å². The third kappa shape index (κ3) is 2.85. The van der Waals surface area contributed by atoms with Gasteiger partial charge in [-0.3, -0.25) is 4.79 Å². The molecule has 1 aromatic rings. The van der Waals surface area contributed by atoms with Crippen LogP contribution in [0, 0.1) is 23.7 Å². The second-order valence-electron chi connectivity index (χ2n) is 4.96. The highest BCUT2D eigenvalue weighted by atomic mass is 79.9. The average molecular weight is 386 g/mol. The van der Waals surface area contributed by atoms with Gasteiger partial charge in [-0.25, -0.2) is 0 Å². The van der Waals surface area contributed by atoms with E-state index in [1.54, 1.807) is 0 Å². The van der Waals surface area contributed by atoms with Gasteiger partial charge in [-0.05, 0) is 69.3 Å². The molecule has 1 N–H and O–H groups in total. The van der Waals surface area contributed by atoms with Crippen LogP contribution in [0.4, 0.5) is 5.69 Å². The van der Waals surface area contributed by atoms with Crippen molar-refractivity contribution in [1.82, 2.24) is 0 Å². The maximum absolute atomic E-state index is 12.4. The van der Waals surface area contributed by atoms with Gasteiger partial charge >= 0.3 is 0 Å². The molecule has 2 rings (SSSR count). The minimum Gasteiger partial charge on any atom is -0.323 e. The second-order valence-corrected chi connectivity index (χ2v) is 6.67. The third-order valence-electron chi connectivity index (χ3n) is 3.53. The highest BCUT2D eigenvalue weighted by molar-refractivity contribution is 9.11. The number of nitriles is 1. The van der Waals surface area contributed by atoms with Crippen LogP contribution >= 0.6 is 31.9 Å². The van der Waals surface area contributed by atoms with E-state index in [0.717, 1.165) is 27.4 Å². The second kappa shape index (κ2) is 5.64. The summed E-state index contributed by atoms with van der Waals surface area (Å²) in [5.41, 5.74) is 0.925. The van der Waals surface area contributed by atoms with E-state index in [-0.39, 0.29) is 5.91 Å². The molecule has 3 nitrogen and oxygen atoms in total. The van der Waals surface area contributed by atoms with E-state index in [1.807, 2.05) is 19.1 Å². The number of halogens is 2. The molecule has 5 heteroatoms. The van der Waals surface area contributed by atoms with E-state index in [2.05, 4.69) is 43.2 Å². The molecular weight excluding hydrogens is 372 g/mol. The van der Waals surface area contributed by atoms with Crippen molar-refractivity contribution >= 4 is 43.5 Å². The number of hydrogen-bond acceptors (Lipinski definition) is 2. The molecule has 1 aliphatic rings. The lowest BCUT2D eigenvalue weighted by Gasteiger charge is -2.20. The normalized spacial score (nSPS) is 16.9. The summed E-state index contributed by atoms with van der Waals surface area (Å²) in [4.78, 5) is 12.4. The molecule has 0 atom stereocenters. The molecule has 100 valence electrons. The fourth-order valence-corrected chi connectivity index (χ4v) is 4.03. The number of carbonyl (C=O) groups is 1. The molecule has 0 radical (unpaired) electrons. The molecule has 0 saturated heterocycles. The number of carbonyl (C=O) groups excluding carboxylic acids is 1. The van der Waals surface area contributed by atoms with Crippen LogP contribution in [0.5, 0.6) is 0 Å². The van der Waals surface area contributed by atoms with Crippen LogP contribution in [0.15, 0.2) is 21.1 Å². The van der Waals surface area contributed by atoms with Gasteiger partial charge in [0, 0.05) is 8.95 Å². The van der Waals surface area contributed by atoms with Gasteiger partial charge in [-0.1, -0.05) is 12.8 Å². The van der Waals surface area contributed by atoms with Gasteiger partial charge in [-0.15, -0.1) is 0 Å². The first-order valence-corrected chi connectivity index (χ1v) is 7.75. The Balaban J connectivity index is 2.27. The Hall–Kier alpha value is -0.860. The molecule has 0 aromatic heterocycles. The molecule has 1 aliphatic carbocycles. The highest BCUT2D eigenvalue weighted by Gasteiger charge is 2.41. The van der Waals surface area contributed by atoms with Crippen molar-refractivity contribution in [3.8, 4) is 6.07 Å². The van der Waals surface area contributed by atoms with E-state index in [0.29, 0.717) is 18.5 Å². The van der Waals surface area contributed by atoms with Crippen LogP contribution in [0.2, 0.25) is 0 Å². The van der Waals surface area contributed by atoms with Gasteiger partial charge in [0.25, 0.3) is 0 Å². The topological polar surface area (TPSA) is 52.9 Å². The average Bonchev–Trinajstić information content (AvgIpc) is 2.83. The standard InChI is InChI=1S/C14H14Br2N2O/c1-9-6-10(15)12(11(16)7-9)18-13(19)14(8-17)4-2-3-5-14/h6-7H,2-5H2,1H3,(H,18,19). The first-order chi connectivity index (χ1) is 8.98. The SMILES string of the molecule is Cc1cc(Br)c(NC(=O)C2(C#N)CCCC2)c(Br)c1. The van der Waals surface area contributed by atoms with Crippen molar-refractivity contribution in [2.75, 3.05) is 5.32 Å². The predicted molar refractivity (Wildman–Crippen MR) is 81.7 cm³/mol. The monoisotopic (exact) mass is 384 g/mol. The summed E-state index contributed by atoms with van der Waals surface area (Å²) in [7, 11) is 0. The fraction of sp³-hybridized carbons (Fsp3) is 0.429. The lowest BCUT2D eigenvalue weighted by atomic mass is 9.87. The molecule has 1 saturated carbocycles. The Bertz CT molecular complexity index is 534. The van der Waals surface area contributed by atoms with Gasteiger partial charge in [-0.2, -0.15) is 5.26 Å². The Kier molecular flexibility index (Phi) is 4.32. The Morgan fingerprint density at radius 1 is 1.32 bits per heavy atom. The molecule has 0 spiro atoms. The van der Waals surface area contributed by atoms with Crippen molar-refractivity contribution < 1.29 is 4.79 Å². The van der Waals surface area contributed by atoms with Crippen molar-refractivity contribution in [2.24, 2.45) is 5.41 Å². The first-order valence-electron chi connectivity index (χ1n) is 6.17. The number of nitrogens with one attached hydrogen (secondary N) is 1. The molecule has 0 unspecified atom stereocenters. The summed E-state index contributed by atoms with van der Waals surface area (Å²) in [5.74, 6) is -0.197. The zero-order chi connectivity index (χ0) is 14.0. The molecule has 1 amide bonds. The van der Waals surface area contributed by atoms with Crippen LogP contribution < -0.4 is 5.32 Å². The van der Waals surface area contributed by atoms with Gasteiger partial charge in [0.15, 0.2) is 0 Å². The number of amides is 1. The third-order valence-corrected chi connectivity index (χ3v) is 4.78. The van der Waals surface area contributed by atoms with E-state index < -0.39 is 5.41 Å². The van der Waals surface area contributed by atoms with E-state index in [1.165, 1.54) is 0 Å². The predicted octanol–water partition coefficient (Wildman–Crippen LogP) is 4.54. The number of aryl methyl sites for hydroxylation is 1. The summed E-state index contributed by atoms with van der Waals surface area (Å²) in [6.07, 6.45) is 3.18. The van der Waals surface area contributed by atoms with Gasteiger partial charge in [0.2, 0.25) is 5.91 Å². The maximum atomic E-state index is 12.4. The van der Waals surface area contributed by atoms with Crippen LogP contribution in [0.1, 0.15) is 31.2 Å². The fourth-order valence-electron chi connectivity index (χ4n) is 2.42. The van der Waals surface area contributed by atoms with Gasteiger partial charge in [0.05, 0.1) is 11.8 Å². The zero-order valence-corrected chi connectivity index (χ0v) is 13.8. The van der Waals surface area contributed by atoms with Crippen LogP contribution in [0.25, 0.3) is 0 Å². The summed E-state index contributed by atoms with van der Waals surface area (Å²) in [6, 6.07) is 6.08. The van der Waals surface area contributed by atoms with Crippen molar-refractivity contribution in [2.45, 2.75) is 32.6 Å². The summed E-state index contributed by atoms with van der Waals surface area (Å²) < 4.78 is 1.64. The van der Waals surface area contributed by atoms with Crippen molar-refractivity contribution in [1.29, 1.82) is 5.26 Å². The quantitative estimate of drug-likeness (QED) is 0.812. The number of nitrogens with zero attached hydrogens (tertiary/aromatic N) is 1. The highest BCUT2D eigenvalue weighted by Crippen LogP contribution is 2.40. The molecule has 19 heavy (non-hydrogen) atoms. The van der Waals surface area contributed by atoms with Gasteiger partial charge in [0.1, 0.15) is 5.41 Å². The Labute approximate surface area is 129 Å². The van der Waals surface area contributed by atoms with Crippen molar-refractivity contribution in [3.05, 3.63) is 26.6 Å². The minimum absolute atomic E-state index is 0.197. The Morgan fingerprint density at radius 2 is 1.84 bits per heavy atom. The van der Waals surface area contributed by atoms with Crippen LogP contribution in [-0.4, -0.2) is 5.91 Å². The summed E-state index contributed by atoms with van der Waals surface area (Å²) in [6.45, 7) is 1.98. The number of anilines is 1. The summed E-state index contributed by atoms with van der Waals surface area (Å²) >= 11 is 6.89. The number of rotatable bonds is 2. The smallest absolute Gasteiger partial charge is 0.244 e. The number of hydrogen-bond donors (Lipinski definition) is 1. The zero-order valence-electron chi connectivity index (χ0n) is 10.6. The Morgan fingerprint density at radius 3 is 2.32 bits per heavy atom. The molecule has 0 heterocycles. The molecule has 0 aliphatic heterocycles. The van der Waals surface area contributed by atoms with Crippen LogP contribution in [0.3, 0.4) is 0 Å². The molecule has 1 aromatic carbocycles. The number of benzene rings is 1. The largest absolute Gasteiger partial charge is 0.323 e. The minimum atomic E-state index is -0.857. The van der Waals surface area contributed by atoms with Crippen LogP contribution in [-0.2, 0) is 4.79 Å². The molecule has 0 bridgehead atoms. The first kappa shape index (κ1) is 14.5. The molecule has 1 fully saturated rings. The maximum Gasteiger partial charge on any atom is 0.244 e. The lowest BCUT2D eigenvalue weighted by Crippen LogP contribution is -2.32. The summed E-state index contributed by atoms with van der Waals surface area (Å²) in [5, 5.41) is 12.2.